The molecule has 0 radical (unpaired) electrons. The van der Waals surface area contributed by atoms with Crippen LogP contribution in [0.2, 0.25) is 0 Å². The first-order valence-electron chi connectivity index (χ1n) is 7.29. The Morgan fingerprint density at radius 1 is 1.29 bits per heavy atom. The molecule has 1 aliphatic rings. The summed E-state index contributed by atoms with van der Waals surface area (Å²) in [6, 6.07) is 7.56. The molecule has 0 bridgehead atoms. The number of hydrogen-bond acceptors (Lipinski definition) is 3. The summed E-state index contributed by atoms with van der Waals surface area (Å²) in [6.07, 6.45) is 2.51. The van der Waals surface area contributed by atoms with Crippen LogP contribution in [0.4, 0.5) is 5.69 Å². The molecule has 1 fully saturated rings. The number of hydrogen-bond donors (Lipinski definition) is 2. The van der Waals surface area contributed by atoms with Crippen molar-refractivity contribution in [1.82, 2.24) is 0 Å². The second-order valence-electron chi connectivity index (χ2n) is 5.77. The Kier molecular flexibility index (Phi) is 4.63. The van der Waals surface area contributed by atoms with Gasteiger partial charge in [-0.1, -0.05) is 24.1 Å². The maximum Gasteiger partial charge on any atom is 0.305 e. The molecule has 5 heteroatoms. The Labute approximate surface area is 124 Å². The molecule has 5 nitrogen and oxygen atoms in total. The van der Waals surface area contributed by atoms with Crippen LogP contribution in [-0.4, -0.2) is 30.1 Å². The van der Waals surface area contributed by atoms with E-state index in [0.29, 0.717) is 6.54 Å². The van der Waals surface area contributed by atoms with Crippen LogP contribution in [0.15, 0.2) is 24.3 Å². The molecule has 0 aromatic heterocycles. The molecule has 1 saturated carbocycles. The van der Waals surface area contributed by atoms with Gasteiger partial charge in [-0.25, -0.2) is 0 Å². The zero-order valence-corrected chi connectivity index (χ0v) is 12.3. The minimum Gasteiger partial charge on any atom is -0.481 e. The van der Waals surface area contributed by atoms with E-state index in [4.69, 9.17) is 10.8 Å². The Balaban J connectivity index is 2.24. The maximum absolute atomic E-state index is 12.8. The number of amides is 1. The molecule has 0 atom stereocenters. The highest BCUT2D eigenvalue weighted by molar-refractivity contribution is 5.98. The molecular formula is C16H22N2O3. The van der Waals surface area contributed by atoms with Crippen molar-refractivity contribution >= 4 is 17.6 Å². The molecule has 114 valence electrons. The number of aliphatic carboxylic acids is 1. The fourth-order valence-electron chi connectivity index (χ4n) is 2.68. The third-order valence-electron chi connectivity index (χ3n) is 4.30. The average molecular weight is 290 g/mol. The van der Waals surface area contributed by atoms with Gasteiger partial charge in [-0.05, 0) is 31.9 Å². The minimum absolute atomic E-state index is 0.0404. The first kappa shape index (κ1) is 15.5. The number of carboxylic acids is 1. The van der Waals surface area contributed by atoms with Crippen molar-refractivity contribution in [2.45, 2.75) is 32.6 Å². The maximum atomic E-state index is 12.8. The average Bonchev–Trinajstić information content (AvgIpc) is 2.40. The SMILES string of the molecule is Cc1ccc(N(CCC(=O)O)C(=O)C2(CN)CCC2)cc1. The van der Waals surface area contributed by atoms with E-state index in [2.05, 4.69) is 0 Å². The Morgan fingerprint density at radius 3 is 2.33 bits per heavy atom. The van der Waals surface area contributed by atoms with Crippen molar-refractivity contribution in [3.63, 3.8) is 0 Å². The third-order valence-corrected chi connectivity index (χ3v) is 4.30. The highest BCUT2D eigenvalue weighted by Gasteiger charge is 2.45. The molecule has 1 aromatic carbocycles. The first-order valence-corrected chi connectivity index (χ1v) is 7.29. The van der Waals surface area contributed by atoms with E-state index in [0.717, 1.165) is 30.5 Å². The summed E-state index contributed by atoms with van der Waals surface area (Å²) in [5.41, 5.74) is 7.15. The van der Waals surface area contributed by atoms with E-state index < -0.39 is 11.4 Å². The lowest BCUT2D eigenvalue weighted by Crippen LogP contribution is -2.52. The van der Waals surface area contributed by atoms with Gasteiger partial charge in [-0.3, -0.25) is 9.59 Å². The number of rotatable bonds is 6. The topological polar surface area (TPSA) is 83.6 Å². The van der Waals surface area contributed by atoms with Gasteiger partial charge in [0.2, 0.25) is 5.91 Å². The lowest BCUT2D eigenvalue weighted by Gasteiger charge is -2.42. The molecule has 21 heavy (non-hydrogen) atoms. The standard InChI is InChI=1S/C16H22N2O3/c1-12-3-5-13(6-4-12)18(10-7-14(19)20)15(21)16(11-17)8-2-9-16/h3-6H,2,7-11,17H2,1H3,(H,19,20). The van der Waals surface area contributed by atoms with Gasteiger partial charge in [0, 0.05) is 18.8 Å². The molecule has 0 spiro atoms. The summed E-state index contributed by atoms with van der Waals surface area (Å²) < 4.78 is 0. The Morgan fingerprint density at radius 2 is 1.90 bits per heavy atom. The minimum atomic E-state index is -0.907. The molecule has 2 rings (SSSR count). The molecule has 1 aromatic rings. The molecular weight excluding hydrogens is 268 g/mol. The van der Waals surface area contributed by atoms with Crippen molar-refractivity contribution < 1.29 is 14.7 Å². The fourth-order valence-corrected chi connectivity index (χ4v) is 2.68. The summed E-state index contributed by atoms with van der Waals surface area (Å²) in [5, 5.41) is 8.90. The summed E-state index contributed by atoms with van der Waals surface area (Å²) in [5.74, 6) is -0.948. The van der Waals surface area contributed by atoms with Crippen molar-refractivity contribution in [2.75, 3.05) is 18.0 Å². The summed E-state index contributed by atoms with van der Waals surface area (Å²) in [7, 11) is 0. The zero-order valence-electron chi connectivity index (χ0n) is 12.3. The monoisotopic (exact) mass is 290 g/mol. The molecule has 1 amide bonds. The van der Waals surface area contributed by atoms with E-state index in [-0.39, 0.29) is 18.9 Å². The van der Waals surface area contributed by atoms with E-state index in [1.807, 2.05) is 31.2 Å². The van der Waals surface area contributed by atoms with Gasteiger partial charge in [0.15, 0.2) is 0 Å². The van der Waals surface area contributed by atoms with Crippen LogP contribution in [0, 0.1) is 12.3 Å². The van der Waals surface area contributed by atoms with Gasteiger partial charge in [-0.2, -0.15) is 0 Å². The normalized spacial score (nSPS) is 16.1. The predicted molar refractivity (Wildman–Crippen MR) is 81.1 cm³/mol. The number of nitrogens with zero attached hydrogens (tertiary/aromatic N) is 1. The summed E-state index contributed by atoms with van der Waals surface area (Å²) in [6.45, 7) is 2.47. The van der Waals surface area contributed by atoms with Crippen LogP contribution in [0.1, 0.15) is 31.2 Å². The number of nitrogens with two attached hydrogens (primary N) is 1. The summed E-state index contributed by atoms with van der Waals surface area (Å²) >= 11 is 0. The third kappa shape index (κ3) is 3.24. The zero-order chi connectivity index (χ0) is 15.5. The number of carboxylic acid groups (broad SMARTS) is 1. The molecule has 0 unspecified atom stereocenters. The number of carbonyl (C=O) groups is 2. The van der Waals surface area contributed by atoms with Crippen LogP contribution in [0.5, 0.6) is 0 Å². The van der Waals surface area contributed by atoms with Gasteiger partial charge >= 0.3 is 5.97 Å². The largest absolute Gasteiger partial charge is 0.481 e. The molecule has 0 aliphatic heterocycles. The second kappa shape index (κ2) is 6.26. The number of aryl methyl sites for hydroxylation is 1. The lowest BCUT2D eigenvalue weighted by molar-refractivity contribution is -0.137. The van der Waals surface area contributed by atoms with Gasteiger partial charge in [0.1, 0.15) is 0 Å². The number of benzene rings is 1. The Hall–Kier alpha value is -1.88. The van der Waals surface area contributed by atoms with E-state index in [1.165, 1.54) is 0 Å². The van der Waals surface area contributed by atoms with E-state index in [1.54, 1.807) is 4.90 Å². The number of anilines is 1. The van der Waals surface area contributed by atoms with Crippen molar-refractivity contribution in [1.29, 1.82) is 0 Å². The smallest absolute Gasteiger partial charge is 0.305 e. The molecule has 0 saturated heterocycles. The van der Waals surface area contributed by atoms with Crippen LogP contribution >= 0.6 is 0 Å². The number of carbonyl (C=O) groups excluding carboxylic acids is 1. The van der Waals surface area contributed by atoms with E-state index >= 15 is 0 Å². The molecule has 0 heterocycles. The fraction of sp³-hybridized carbons (Fsp3) is 0.500. The van der Waals surface area contributed by atoms with Gasteiger partial charge in [0.05, 0.1) is 11.8 Å². The van der Waals surface area contributed by atoms with Gasteiger partial charge < -0.3 is 15.7 Å². The van der Waals surface area contributed by atoms with Gasteiger partial charge in [0.25, 0.3) is 0 Å². The lowest BCUT2D eigenvalue weighted by atomic mass is 9.67. The first-order chi connectivity index (χ1) is 9.98. The van der Waals surface area contributed by atoms with Crippen molar-refractivity contribution in [3.05, 3.63) is 29.8 Å². The second-order valence-corrected chi connectivity index (χ2v) is 5.77. The van der Waals surface area contributed by atoms with Crippen LogP contribution in [0.25, 0.3) is 0 Å². The highest BCUT2D eigenvalue weighted by atomic mass is 16.4. The van der Waals surface area contributed by atoms with E-state index in [9.17, 15) is 9.59 Å². The van der Waals surface area contributed by atoms with Crippen LogP contribution in [-0.2, 0) is 9.59 Å². The molecule has 3 N–H and O–H groups in total. The Bertz CT molecular complexity index is 515. The van der Waals surface area contributed by atoms with Crippen LogP contribution < -0.4 is 10.6 Å². The van der Waals surface area contributed by atoms with Crippen LogP contribution in [0.3, 0.4) is 0 Å². The quantitative estimate of drug-likeness (QED) is 0.838. The van der Waals surface area contributed by atoms with Gasteiger partial charge in [-0.15, -0.1) is 0 Å². The van der Waals surface area contributed by atoms with Crippen molar-refractivity contribution in [2.24, 2.45) is 11.1 Å². The predicted octanol–water partition coefficient (Wildman–Crippen LogP) is 1.93. The highest BCUT2D eigenvalue weighted by Crippen LogP contribution is 2.42. The molecule has 1 aliphatic carbocycles. The summed E-state index contributed by atoms with van der Waals surface area (Å²) in [4.78, 5) is 25.3. The van der Waals surface area contributed by atoms with Crippen molar-refractivity contribution in [3.8, 4) is 0 Å².